The first-order valence-corrected chi connectivity index (χ1v) is 5.11. The summed E-state index contributed by atoms with van der Waals surface area (Å²) in [5, 5.41) is 3.06. The molecule has 76 valence electrons. The lowest BCUT2D eigenvalue weighted by atomic mass is 10.0. The average molecular weight is 252 g/mol. The van der Waals surface area contributed by atoms with Gasteiger partial charge in [0, 0.05) is 7.11 Å². The molecule has 1 fully saturated rings. The number of methoxy groups -OCH3 is 2. The summed E-state index contributed by atoms with van der Waals surface area (Å²) in [6, 6.07) is -0.233. The molecule has 0 saturated carbocycles. The largest absolute Gasteiger partial charge is 0.468 e. The van der Waals surface area contributed by atoms with Gasteiger partial charge in [0.25, 0.3) is 0 Å². The molecule has 1 aliphatic rings. The molecule has 3 atom stereocenters. The highest BCUT2D eigenvalue weighted by Crippen LogP contribution is 2.21. The van der Waals surface area contributed by atoms with Gasteiger partial charge in [-0.15, -0.1) is 0 Å². The van der Waals surface area contributed by atoms with Crippen molar-refractivity contribution in [3.05, 3.63) is 0 Å². The van der Waals surface area contributed by atoms with Crippen LogP contribution in [0.15, 0.2) is 0 Å². The Balaban J connectivity index is 2.49. The molecule has 0 spiro atoms. The van der Waals surface area contributed by atoms with Crippen LogP contribution in [-0.2, 0) is 14.3 Å². The fourth-order valence-electron chi connectivity index (χ4n) is 1.41. The topological polar surface area (TPSA) is 47.6 Å². The quantitative estimate of drug-likeness (QED) is 0.579. The molecule has 1 aliphatic heterocycles. The van der Waals surface area contributed by atoms with Gasteiger partial charge in [0.15, 0.2) is 0 Å². The van der Waals surface area contributed by atoms with Crippen LogP contribution in [0, 0.1) is 0 Å². The van der Waals surface area contributed by atoms with Gasteiger partial charge in [-0.3, -0.25) is 10.1 Å². The summed E-state index contributed by atoms with van der Waals surface area (Å²) in [6.45, 7) is 0. The zero-order chi connectivity index (χ0) is 9.84. The molecule has 0 bridgehead atoms. The van der Waals surface area contributed by atoms with Crippen molar-refractivity contribution in [1.82, 2.24) is 5.32 Å². The van der Waals surface area contributed by atoms with Gasteiger partial charge in [0.2, 0.25) is 0 Å². The number of hydrogen-bond donors (Lipinski definition) is 1. The number of rotatable bonds is 2. The molecule has 0 unspecified atom stereocenters. The van der Waals surface area contributed by atoms with E-state index in [9.17, 15) is 4.79 Å². The lowest BCUT2D eigenvalue weighted by Gasteiger charge is -2.32. The minimum atomic E-state index is -0.233. The lowest BCUT2D eigenvalue weighted by Crippen LogP contribution is -2.52. The van der Waals surface area contributed by atoms with Crippen molar-refractivity contribution in [2.45, 2.75) is 29.9 Å². The number of nitrogens with one attached hydrogen (secondary N) is 1. The third kappa shape index (κ3) is 2.65. The number of piperidine rings is 1. The molecular formula is C8H14BrNO3. The van der Waals surface area contributed by atoms with Crippen LogP contribution in [0.25, 0.3) is 0 Å². The third-order valence-corrected chi connectivity index (χ3v) is 3.10. The molecule has 0 aliphatic carbocycles. The molecule has 0 aromatic heterocycles. The number of hydrogen-bond acceptors (Lipinski definition) is 4. The highest BCUT2D eigenvalue weighted by molar-refractivity contribution is 9.09. The molecule has 1 rings (SSSR count). The van der Waals surface area contributed by atoms with E-state index in [0.29, 0.717) is 0 Å². The van der Waals surface area contributed by atoms with Crippen LogP contribution in [0.3, 0.4) is 0 Å². The Morgan fingerprint density at radius 3 is 2.69 bits per heavy atom. The molecule has 13 heavy (non-hydrogen) atoms. The second kappa shape index (κ2) is 4.93. The van der Waals surface area contributed by atoms with E-state index in [1.165, 1.54) is 7.11 Å². The molecule has 1 N–H and O–H groups in total. The molecule has 4 nitrogen and oxygen atoms in total. The van der Waals surface area contributed by atoms with Crippen LogP contribution in [-0.4, -0.2) is 37.3 Å². The highest BCUT2D eigenvalue weighted by Gasteiger charge is 2.32. The summed E-state index contributed by atoms with van der Waals surface area (Å²) in [5.41, 5.74) is 0. The van der Waals surface area contributed by atoms with Crippen LogP contribution in [0.5, 0.6) is 0 Å². The summed E-state index contributed by atoms with van der Waals surface area (Å²) >= 11 is 3.47. The van der Waals surface area contributed by atoms with E-state index in [1.807, 2.05) is 0 Å². The first kappa shape index (κ1) is 10.9. The van der Waals surface area contributed by atoms with Crippen molar-refractivity contribution >= 4 is 21.9 Å². The minimum absolute atomic E-state index is 0.113. The van der Waals surface area contributed by atoms with E-state index >= 15 is 0 Å². The normalized spacial score (nSPS) is 34.2. The monoisotopic (exact) mass is 251 g/mol. The van der Waals surface area contributed by atoms with Crippen molar-refractivity contribution in [2.75, 3.05) is 14.2 Å². The number of carbonyl (C=O) groups is 1. The molecule has 0 amide bonds. The predicted octanol–water partition coefficient (Wildman–Crippen LogP) is 0.647. The van der Waals surface area contributed by atoms with Crippen molar-refractivity contribution in [2.24, 2.45) is 0 Å². The van der Waals surface area contributed by atoms with Gasteiger partial charge in [-0.05, 0) is 12.8 Å². The second-order valence-corrected chi connectivity index (χ2v) is 4.17. The van der Waals surface area contributed by atoms with Crippen molar-refractivity contribution in [1.29, 1.82) is 0 Å². The van der Waals surface area contributed by atoms with Crippen LogP contribution in [0.4, 0.5) is 0 Å². The third-order valence-electron chi connectivity index (χ3n) is 2.16. The van der Waals surface area contributed by atoms with E-state index in [-0.39, 0.29) is 23.1 Å². The molecule has 5 heteroatoms. The van der Waals surface area contributed by atoms with Crippen molar-refractivity contribution in [3.8, 4) is 0 Å². The average Bonchev–Trinajstić information content (AvgIpc) is 2.17. The van der Waals surface area contributed by atoms with Crippen LogP contribution in [0.2, 0.25) is 0 Å². The van der Waals surface area contributed by atoms with Crippen molar-refractivity contribution < 1.29 is 14.3 Å². The predicted molar refractivity (Wildman–Crippen MR) is 51.7 cm³/mol. The number of carbonyl (C=O) groups excluding carboxylic acids is 1. The molecule has 0 aromatic rings. The first-order valence-electron chi connectivity index (χ1n) is 4.19. The zero-order valence-electron chi connectivity index (χ0n) is 7.75. The molecule has 0 radical (unpaired) electrons. The Hall–Kier alpha value is -0.130. The molecule has 1 heterocycles. The smallest absolute Gasteiger partial charge is 0.322 e. The number of ether oxygens (including phenoxy) is 2. The summed E-state index contributed by atoms with van der Waals surface area (Å²) in [6.07, 6.45) is 1.58. The summed E-state index contributed by atoms with van der Waals surface area (Å²) in [7, 11) is 3.01. The molecule has 0 aromatic carbocycles. The van der Waals surface area contributed by atoms with Gasteiger partial charge >= 0.3 is 5.97 Å². The fourth-order valence-corrected chi connectivity index (χ4v) is 2.04. The maximum atomic E-state index is 11.2. The Morgan fingerprint density at radius 1 is 1.46 bits per heavy atom. The van der Waals surface area contributed by atoms with E-state index in [2.05, 4.69) is 26.0 Å². The Kier molecular flexibility index (Phi) is 4.15. The molecule has 1 saturated heterocycles. The second-order valence-electron chi connectivity index (χ2n) is 2.99. The Labute approximate surface area is 86.1 Å². The van der Waals surface area contributed by atoms with E-state index in [0.717, 1.165) is 12.8 Å². The lowest BCUT2D eigenvalue weighted by molar-refractivity contribution is -0.145. The van der Waals surface area contributed by atoms with Crippen molar-refractivity contribution in [3.63, 3.8) is 0 Å². The van der Waals surface area contributed by atoms with E-state index in [1.54, 1.807) is 7.11 Å². The van der Waals surface area contributed by atoms with E-state index < -0.39 is 0 Å². The standard InChI is InChI=1S/C8H14BrNO3/c1-12-7-5(9)3-4-6(10-7)8(11)13-2/h5-7,10H,3-4H2,1-2H3/t5-,6-,7+/m1/s1. The molecular weight excluding hydrogens is 238 g/mol. The van der Waals surface area contributed by atoms with Crippen LogP contribution < -0.4 is 5.32 Å². The maximum Gasteiger partial charge on any atom is 0.322 e. The highest BCUT2D eigenvalue weighted by atomic mass is 79.9. The number of alkyl halides is 1. The van der Waals surface area contributed by atoms with Gasteiger partial charge < -0.3 is 9.47 Å². The van der Waals surface area contributed by atoms with Crippen LogP contribution in [0.1, 0.15) is 12.8 Å². The van der Waals surface area contributed by atoms with Gasteiger partial charge in [-0.1, -0.05) is 15.9 Å². The van der Waals surface area contributed by atoms with Gasteiger partial charge in [-0.2, -0.15) is 0 Å². The Morgan fingerprint density at radius 2 is 2.15 bits per heavy atom. The zero-order valence-corrected chi connectivity index (χ0v) is 9.33. The summed E-state index contributed by atoms with van der Waals surface area (Å²) < 4.78 is 9.81. The summed E-state index contributed by atoms with van der Waals surface area (Å²) in [4.78, 5) is 11.4. The van der Waals surface area contributed by atoms with Gasteiger partial charge in [0.1, 0.15) is 12.3 Å². The maximum absolute atomic E-state index is 11.2. The van der Waals surface area contributed by atoms with Gasteiger partial charge in [0.05, 0.1) is 11.9 Å². The van der Waals surface area contributed by atoms with Crippen LogP contribution >= 0.6 is 15.9 Å². The fraction of sp³-hybridized carbons (Fsp3) is 0.875. The minimum Gasteiger partial charge on any atom is -0.468 e. The summed E-state index contributed by atoms with van der Waals surface area (Å²) in [5.74, 6) is -0.221. The number of esters is 1. The first-order chi connectivity index (χ1) is 6.19. The van der Waals surface area contributed by atoms with E-state index in [4.69, 9.17) is 4.74 Å². The van der Waals surface area contributed by atoms with Gasteiger partial charge in [-0.25, -0.2) is 0 Å². The SMILES string of the molecule is COC(=O)[C@H]1CC[C@@H](Br)[C@H](OC)N1. The Bertz CT molecular complexity index is 188. The number of halogens is 1.